The van der Waals surface area contributed by atoms with Gasteiger partial charge in [-0.2, -0.15) is 0 Å². The highest BCUT2D eigenvalue weighted by atomic mass is 32.1. The molecule has 20 heavy (non-hydrogen) atoms. The molecule has 0 fully saturated rings. The summed E-state index contributed by atoms with van der Waals surface area (Å²) in [7, 11) is 0. The van der Waals surface area contributed by atoms with E-state index in [4.69, 9.17) is 4.74 Å². The summed E-state index contributed by atoms with van der Waals surface area (Å²) in [6.07, 6.45) is 0.302. The first kappa shape index (κ1) is 14.7. The van der Waals surface area contributed by atoms with Gasteiger partial charge in [-0.3, -0.25) is 0 Å². The van der Waals surface area contributed by atoms with E-state index in [-0.39, 0.29) is 6.10 Å². The number of nitrogens with zero attached hydrogens (tertiary/aromatic N) is 1. The molecular formula is C15H17NO3S. The summed E-state index contributed by atoms with van der Waals surface area (Å²) in [4.78, 5) is 16.0. The van der Waals surface area contributed by atoms with Gasteiger partial charge in [0.2, 0.25) is 0 Å². The summed E-state index contributed by atoms with van der Waals surface area (Å²) >= 11 is 1.20. The molecule has 0 aliphatic rings. The van der Waals surface area contributed by atoms with E-state index >= 15 is 0 Å². The van der Waals surface area contributed by atoms with Gasteiger partial charge in [-0.05, 0) is 18.9 Å². The number of hydrogen-bond acceptors (Lipinski definition) is 4. The Bertz CT molecular complexity index is 580. The maximum atomic E-state index is 11.2. The second-order valence-electron chi connectivity index (χ2n) is 4.23. The summed E-state index contributed by atoms with van der Waals surface area (Å²) in [5, 5.41) is 9.92. The molecule has 0 saturated heterocycles. The zero-order chi connectivity index (χ0) is 14.5. The van der Waals surface area contributed by atoms with Gasteiger partial charge in [-0.1, -0.05) is 37.3 Å². The molecule has 1 atom stereocenters. The minimum Gasteiger partial charge on any atom is -0.477 e. The average molecular weight is 291 g/mol. The fourth-order valence-corrected chi connectivity index (χ4v) is 3.06. The molecule has 0 aliphatic carbocycles. The molecule has 1 aromatic carbocycles. The molecule has 0 bridgehead atoms. The Morgan fingerprint density at radius 3 is 2.55 bits per heavy atom. The molecule has 5 heteroatoms. The van der Waals surface area contributed by atoms with Crippen molar-refractivity contribution in [2.45, 2.75) is 26.4 Å². The molecule has 1 heterocycles. The number of carbonyl (C=O) groups is 1. The normalized spacial score (nSPS) is 12.3. The highest BCUT2D eigenvalue weighted by Gasteiger charge is 2.23. The van der Waals surface area contributed by atoms with Gasteiger partial charge in [0, 0.05) is 6.61 Å². The van der Waals surface area contributed by atoms with E-state index in [2.05, 4.69) is 4.98 Å². The van der Waals surface area contributed by atoms with Gasteiger partial charge in [-0.15, -0.1) is 11.3 Å². The Balaban J connectivity index is 2.42. The molecule has 2 rings (SSSR count). The molecule has 0 aliphatic heterocycles. The molecule has 4 nitrogen and oxygen atoms in total. The Hall–Kier alpha value is -1.72. The smallest absolute Gasteiger partial charge is 0.347 e. The van der Waals surface area contributed by atoms with Gasteiger partial charge in [-0.25, -0.2) is 9.78 Å². The second kappa shape index (κ2) is 6.63. The topological polar surface area (TPSA) is 59.4 Å². The third kappa shape index (κ3) is 3.05. The highest BCUT2D eigenvalue weighted by molar-refractivity contribution is 7.13. The van der Waals surface area contributed by atoms with Gasteiger partial charge >= 0.3 is 5.97 Å². The third-order valence-electron chi connectivity index (χ3n) is 2.90. The molecule has 0 amide bonds. The van der Waals surface area contributed by atoms with Gasteiger partial charge in [0.25, 0.3) is 0 Å². The molecular weight excluding hydrogens is 274 g/mol. The maximum Gasteiger partial charge on any atom is 0.347 e. The van der Waals surface area contributed by atoms with Crippen LogP contribution in [0.15, 0.2) is 30.3 Å². The van der Waals surface area contributed by atoms with E-state index in [1.54, 1.807) is 0 Å². The number of rotatable bonds is 6. The van der Waals surface area contributed by atoms with Crippen LogP contribution in [0.5, 0.6) is 0 Å². The number of aryl methyl sites for hydroxylation is 1. The molecule has 1 N–H and O–H groups in total. The first-order valence-corrected chi connectivity index (χ1v) is 7.38. The van der Waals surface area contributed by atoms with E-state index in [1.165, 1.54) is 11.3 Å². The highest BCUT2D eigenvalue weighted by Crippen LogP contribution is 2.31. The van der Waals surface area contributed by atoms with Crippen LogP contribution in [0.1, 0.15) is 45.9 Å². The number of benzene rings is 1. The van der Waals surface area contributed by atoms with E-state index in [0.717, 1.165) is 5.56 Å². The largest absolute Gasteiger partial charge is 0.477 e. The number of hydrogen-bond donors (Lipinski definition) is 1. The van der Waals surface area contributed by atoms with Crippen LogP contribution in [-0.4, -0.2) is 22.7 Å². The van der Waals surface area contributed by atoms with Crippen LogP contribution in [0, 0.1) is 0 Å². The van der Waals surface area contributed by atoms with Crippen molar-refractivity contribution in [1.29, 1.82) is 0 Å². The van der Waals surface area contributed by atoms with E-state index in [9.17, 15) is 9.90 Å². The number of ether oxygens (including phenoxy) is 1. The Labute approximate surface area is 122 Å². The second-order valence-corrected chi connectivity index (χ2v) is 5.26. The number of aromatic nitrogens is 1. The van der Waals surface area contributed by atoms with Crippen molar-refractivity contribution in [3.8, 4) is 0 Å². The lowest BCUT2D eigenvalue weighted by Crippen LogP contribution is -2.05. The van der Waals surface area contributed by atoms with Crippen molar-refractivity contribution in [2.24, 2.45) is 0 Å². The SMILES string of the molecule is CCOC(c1ccccc1)c1nc(CC)c(C(=O)O)s1. The molecule has 1 unspecified atom stereocenters. The average Bonchev–Trinajstić information content (AvgIpc) is 2.90. The Morgan fingerprint density at radius 1 is 1.35 bits per heavy atom. The fraction of sp³-hybridized carbons (Fsp3) is 0.333. The van der Waals surface area contributed by atoms with Crippen molar-refractivity contribution >= 4 is 17.3 Å². The lowest BCUT2D eigenvalue weighted by Gasteiger charge is -2.14. The minimum absolute atomic E-state index is 0.301. The standard InChI is InChI=1S/C15H17NO3S/c1-3-11-13(15(17)18)20-14(16-11)12(19-4-2)10-8-6-5-7-9-10/h5-9,12H,3-4H2,1-2H3,(H,17,18). The van der Waals surface area contributed by atoms with Gasteiger partial charge in [0.15, 0.2) is 0 Å². The molecule has 1 aromatic heterocycles. The molecule has 0 saturated carbocycles. The number of carboxylic acids is 1. The van der Waals surface area contributed by atoms with Crippen LogP contribution in [0.4, 0.5) is 0 Å². The number of thiazole rings is 1. The van der Waals surface area contributed by atoms with Crippen molar-refractivity contribution < 1.29 is 14.6 Å². The van der Waals surface area contributed by atoms with Crippen LogP contribution >= 0.6 is 11.3 Å². The van der Waals surface area contributed by atoms with Crippen LogP contribution in [0.2, 0.25) is 0 Å². The summed E-state index contributed by atoms with van der Waals surface area (Å²) in [6, 6.07) is 9.75. The quantitative estimate of drug-likeness (QED) is 0.884. The summed E-state index contributed by atoms with van der Waals surface area (Å²) in [6.45, 7) is 4.37. The number of carboxylic acid groups (broad SMARTS) is 1. The van der Waals surface area contributed by atoms with Crippen LogP contribution in [-0.2, 0) is 11.2 Å². The number of aromatic carboxylic acids is 1. The van der Waals surface area contributed by atoms with Crippen molar-refractivity contribution in [3.63, 3.8) is 0 Å². The first-order chi connectivity index (χ1) is 9.67. The fourth-order valence-electron chi connectivity index (χ4n) is 1.99. The molecule has 0 radical (unpaired) electrons. The van der Waals surface area contributed by atoms with Gasteiger partial charge < -0.3 is 9.84 Å². The van der Waals surface area contributed by atoms with Gasteiger partial charge in [0.05, 0.1) is 5.69 Å². The predicted molar refractivity (Wildman–Crippen MR) is 78.4 cm³/mol. The zero-order valence-corrected chi connectivity index (χ0v) is 12.3. The minimum atomic E-state index is -0.922. The third-order valence-corrected chi connectivity index (χ3v) is 4.03. The van der Waals surface area contributed by atoms with Crippen LogP contribution in [0.3, 0.4) is 0 Å². The Kier molecular flexibility index (Phi) is 4.87. The van der Waals surface area contributed by atoms with E-state index in [0.29, 0.717) is 28.6 Å². The van der Waals surface area contributed by atoms with Crippen LogP contribution < -0.4 is 0 Å². The van der Waals surface area contributed by atoms with Crippen molar-refractivity contribution in [3.05, 3.63) is 51.5 Å². The molecule has 0 spiro atoms. The predicted octanol–water partition coefficient (Wildman–Crippen LogP) is 3.53. The lowest BCUT2D eigenvalue weighted by atomic mass is 10.1. The van der Waals surface area contributed by atoms with Crippen molar-refractivity contribution in [2.75, 3.05) is 6.61 Å². The summed E-state index contributed by atoms with van der Waals surface area (Å²) < 4.78 is 5.76. The van der Waals surface area contributed by atoms with Crippen LogP contribution in [0.25, 0.3) is 0 Å². The lowest BCUT2D eigenvalue weighted by molar-refractivity contribution is 0.0700. The summed E-state index contributed by atoms with van der Waals surface area (Å²) in [5.41, 5.74) is 1.61. The van der Waals surface area contributed by atoms with E-state index < -0.39 is 5.97 Å². The molecule has 106 valence electrons. The van der Waals surface area contributed by atoms with Crippen molar-refractivity contribution in [1.82, 2.24) is 4.98 Å². The monoisotopic (exact) mass is 291 g/mol. The first-order valence-electron chi connectivity index (χ1n) is 6.56. The molecule has 2 aromatic rings. The Morgan fingerprint density at radius 2 is 2.05 bits per heavy atom. The zero-order valence-electron chi connectivity index (χ0n) is 11.5. The van der Waals surface area contributed by atoms with E-state index in [1.807, 2.05) is 44.2 Å². The maximum absolute atomic E-state index is 11.2. The summed E-state index contributed by atoms with van der Waals surface area (Å²) in [5.74, 6) is -0.922. The van der Waals surface area contributed by atoms with Gasteiger partial charge in [0.1, 0.15) is 16.0 Å².